The number of nitrogens with one attached hydrogen (secondary N) is 3. The predicted molar refractivity (Wildman–Crippen MR) is 103 cm³/mol. The van der Waals surface area contributed by atoms with E-state index >= 15 is 0 Å². The number of amides is 1. The molecule has 8 nitrogen and oxygen atoms in total. The van der Waals surface area contributed by atoms with Crippen molar-refractivity contribution >= 4 is 22.8 Å². The molecular weight excluding hydrogens is 346 g/mol. The summed E-state index contributed by atoms with van der Waals surface area (Å²) in [6, 6.07) is 4.31. The second-order valence-corrected chi connectivity index (χ2v) is 7.30. The van der Waals surface area contributed by atoms with Crippen molar-refractivity contribution in [2.24, 2.45) is 5.41 Å². The number of hydrogen-bond donors (Lipinski definition) is 3. The highest BCUT2D eigenvalue weighted by atomic mass is 16.5. The van der Waals surface area contributed by atoms with Crippen molar-refractivity contribution in [3.63, 3.8) is 0 Å². The number of allylic oxidation sites excluding steroid dienone is 1. The summed E-state index contributed by atoms with van der Waals surface area (Å²) in [6.45, 7) is 5.64. The van der Waals surface area contributed by atoms with Gasteiger partial charge in [0.05, 0.1) is 5.39 Å². The Morgan fingerprint density at radius 3 is 3.00 bits per heavy atom. The summed E-state index contributed by atoms with van der Waals surface area (Å²) in [7, 11) is 0. The van der Waals surface area contributed by atoms with Gasteiger partial charge in [-0.1, -0.05) is 32.8 Å². The zero-order valence-corrected chi connectivity index (χ0v) is 15.6. The Morgan fingerprint density at radius 2 is 2.30 bits per heavy atom. The number of nitrogens with zero attached hydrogens (tertiary/aromatic N) is 2. The van der Waals surface area contributed by atoms with Crippen LogP contribution in [0.5, 0.6) is 0 Å². The molecular formula is C19H23N5O3. The molecule has 0 saturated carbocycles. The minimum absolute atomic E-state index is 0.0553. The maximum absolute atomic E-state index is 12.5. The molecule has 1 aliphatic heterocycles. The molecule has 0 spiro atoms. The quantitative estimate of drug-likeness (QED) is 0.716. The molecule has 27 heavy (non-hydrogen) atoms. The van der Waals surface area contributed by atoms with Gasteiger partial charge in [-0.2, -0.15) is 0 Å². The molecule has 1 atom stereocenters. The Hall–Kier alpha value is -3.05. The lowest BCUT2D eigenvalue weighted by atomic mass is 9.96. The minimum Gasteiger partial charge on any atom is -0.366 e. The topological polar surface area (TPSA) is 101 Å². The van der Waals surface area contributed by atoms with E-state index in [-0.39, 0.29) is 24.3 Å². The molecule has 2 aromatic heterocycles. The van der Waals surface area contributed by atoms with Crippen LogP contribution in [0.15, 0.2) is 29.5 Å². The van der Waals surface area contributed by atoms with Crippen molar-refractivity contribution in [1.82, 2.24) is 19.9 Å². The van der Waals surface area contributed by atoms with Gasteiger partial charge in [0.2, 0.25) is 5.91 Å². The van der Waals surface area contributed by atoms with E-state index in [1.807, 2.05) is 33.0 Å². The minimum atomic E-state index is -0.542. The van der Waals surface area contributed by atoms with Gasteiger partial charge in [-0.15, -0.1) is 0 Å². The second-order valence-electron chi connectivity index (χ2n) is 7.30. The lowest BCUT2D eigenvalue weighted by Gasteiger charge is -2.18. The summed E-state index contributed by atoms with van der Waals surface area (Å²) in [5.74, 6) is 3.10. The summed E-state index contributed by atoms with van der Waals surface area (Å²) in [5.41, 5.74) is -0.449. The van der Waals surface area contributed by atoms with Gasteiger partial charge in [-0.05, 0) is 25.1 Å². The number of ether oxygens (including phenoxy) is 1. The van der Waals surface area contributed by atoms with E-state index in [2.05, 4.69) is 32.6 Å². The number of rotatable bonds is 3. The Balaban J connectivity index is 1.71. The Labute approximate surface area is 157 Å². The molecule has 3 rings (SSSR count). The standard InChI is InChI=1S/C19H23N5O3/c1-19(2,3)18(26)23-14-11-13-16(22-14)21-12-24(17(13)25)9-6-10-27-15-7-4-5-8-20-15/h5,8,11-12,15,20,22H,4,7,10H2,1-3H3,(H,23,26). The third kappa shape index (κ3) is 4.57. The van der Waals surface area contributed by atoms with Crippen LogP contribution in [0.4, 0.5) is 5.82 Å². The molecule has 0 bridgehead atoms. The molecule has 1 unspecified atom stereocenters. The normalized spacial score (nSPS) is 16.5. The van der Waals surface area contributed by atoms with Gasteiger partial charge < -0.3 is 20.4 Å². The van der Waals surface area contributed by atoms with Gasteiger partial charge in [-0.25, -0.2) is 9.55 Å². The molecule has 1 aliphatic rings. The van der Waals surface area contributed by atoms with E-state index in [0.717, 1.165) is 12.8 Å². The first kappa shape index (κ1) is 18.7. The molecule has 1 amide bonds. The monoisotopic (exact) mass is 369 g/mol. The van der Waals surface area contributed by atoms with Gasteiger partial charge >= 0.3 is 0 Å². The van der Waals surface area contributed by atoms with Crippen LogP contribution in [-0.2, 0) is 9.53 Å². The molecule has 3 N–H and O–H groups in total. The first-order valence-electron chi connectivity index (χ1n) is 8.78. The maximum atomic E-state index is 12.5. The van der Waals surface area contributed by atoms with Crippen LogP contribution in [0.25, 0.3) is 11.0 Å². The summed E-state index contributed by atoms with van der Waals surface area (Å²) in [5, 5.41) is 6.20. The first-order valence-corrected chi connectivity index (χ1v) is 8.78. The molecule has 142 valence electrons. The van der Waals surface area contributed by atoms with E-state index < -0.39 is 5.41 Å². The first-order chi connectivity index (χ1) is 12.8. The van der Waals surface area contributed by atoms with E-state index in [1.54, 1.807) is 6.07 Å². The smallest absolute Gasteiger partial charge is 0.274 e. The van der Waals surface area contributed by atoms with E-state index in [0.29, 0.717) is 16.9 Å². The van der Waals surface area contributed by atoms with Crippen molar-refractivity contribution in [1.29, 1.82) is 0 Å². The summed E-state index contributed by atoms with van der Waals surface area (Å²) in [6.07, 6.45) is 7.06. The van der Waals surface area contributed by atoms with Crippen molar-refractivity contribution in [3.8, 4) is 12.0 Å². The van der Waals surface area contributed by atoms with Gasteiger partial charge in [0.15, 0.2) is 0 Å². The average molecular weight is 369 g/mol. The largest absolute Gasteiger partial charge is 0.366 e. The van der Waals surface area contributed by atoms with Crippen LogP contribution >= 0.6 is 0 Å². The molecule has 0 fully saturated rings. The van der Waals surface area contributed by atoms with Crippen LogP contribution in [0.3, 0.4) is 0 Å². The highest BCUT2D eigenvalue weighted by molar-refractivity contribution is 5.96. The van der Waals surface area contributed by atoms with Crippen molar-refractivity contribution in [2.75, 3.05) is 11.9 Å². The lowest BCUT2D eigenvalue weighted by molar-refractivity contribution is -0.123. The second kappa shape index (κ2) is 7.68. The summed E-state index contributed by atoms with van der Waals surface area (Å²) in [4.78, 5) is 31.8. The number of carbonyl (C=O) groups excluding carboxylic acids is 1. The average Bonchev–Trinajstić information content (AvgIpc) is 3.04. The SMILES string of the molecule is CC(C)(C)C(=O)Nc1cc2c(=O)n(C#CCOC3CCC=CN3)cnc2[nH]1. The number of hydrogen-bond acceptors (Lipinski definition) is 5. The molecule has 0 aromatic carbocycles. The van der Waals surface area contributed by atoms with Crippen LogP contribution in [0, 0.1) is 17.4 Å². The van der Waals surface area contributed by atoms with E-state index in [9.17, 15) is 9.59 Å². The number of anilines is 1. The lowest BCUT2D eigenvalue weighted by Crippen LogP contribution is -2.29. The molecule has 0 aliphatic carbocycles. The van der Waals surface area contributed by atoms with Crippen LogP contribution < -0.4 is 16.2 Å². The molecule has 0 radical (unpaired) electrons. The third-order valence-corrected chi connectivity index (χ3v) is 4.03. The van der Waals surface area contributed by atoms with E-state index in [4.69, 9.17) is 4.74 Å². The van der Waals surface area contributed by atoms with Crippen LogP contribution in [0.2, 0.25) is 0 Å². The van der Waals surface area contributed by atoms with E-state index in [1.165, 1.54) is 10.9 Å². The summed E-state index contributed by atoms with van der Waals surface area (Å²) < 4.78 is 6.80. The number of aromatic amines is 1. The third-order valence-electron chi connectivity index (χ3n) is 4.03. The fourth-order valence-electron chi connectivity index (χ4n) is 2.44. The Kier molecular flexibility index (Phi) is 5.33. The fraction of sp³-hybridized carbons (Fsp3) is 0.421. The van der Waals surface area contributed by atoms with Crippen LogP contribution in [0.1, 0.15) is 33.6 Å². The van der Waals surface area contributed by atoms with Crippen molar-refractivity contribution in [2.45, 2.75) is 39.8 Å². The predicted octanol–water partition coefficient (Wildman–Crippen LogP) is 1.76. The Morgan fingerprint density at radius 1 is 1.48 bits per heavy atom. The number of aromatic nitrogens is 3. The van der Waals surface area contributed by atoms with Crippen LogP contribution in [-0.4, -0.2) is 33.3 Å². The molecule has 0 saturated heterocycles. The number of fused-ring (bicyclic) bond motifs is 1. The van der Waals surface area contributed by atoms with Gasteiger partial charge in [0, 0.05) is 11.5 Å². The molecule has 8 heteroatoms. The van der Waals surface area contributed by atoms with Gasteiger partial charge in [0.25, 0.3) is 5.56 Å². The number of carbonyl (C=O) groups is 1. The maximum Gasteiger partial charge on any atom is 0.274 e. The number of H-pyrrole nitrogens is 1. The van der Waals surface area contributed by atoms with Gasteiger partial charge in [0.1, 0.15) is 30.6 Å². The van der Waals surface area contributed by atoms with Crippen molar-refractivity contribution < 1.29 is 9.53 Å². The molecule has 2 aromatic rings. The van der Waals surface area contributed by atoms with Crippen molar-refractivity contribution in [3.05, 3.63) is 35.0 Å². The fourth-order valence-corrected chi connectivity index (χ4v) is 2.44. The zero-order chi connectivity index (χ0) is 19.4. The zero-order valence-electron chi connectivity index (χ0n) is 15.6. The highest BCUT2D eigenvalue weighted by Gasteiger charge is 2.22. The van der Waals surface area contributed by atoms with Gasteiger partial charge in [-0.3, -0.25) is 9.59 Å². The summed E-state index contributed by atoms with van der Waals surface area (Å²) >= 11 is 0. The Bertz CT molecular complexity index is 985. The highest BCUT2D eigenvalue weighted by Crippen LogP contribution is 2.18. The molecule has 3 heterocycles.